The van der Waals surface area contributed by atoms with Crippen LogP contribution in [0.2, 0.25) is 0 Å². The van der Waals surface area contributed by atoms with Crippen LogP contribution >= 0.6 is 0 Å². The number of imidazole rings is 1. The number of rotatable bonds is 3. The highest BCUT2D eigenvalue weighted by Crippen LogP contribution is 2.37. The van der Waals surface area contributed by atoms with Crippen LogP contribution in [0.5, 0.6) is 0 Å². The molecule has 0 bridgehead atoms. The van der Waals surface area contributed by atoms with Gasteiger partial charge in [0, 0.05) is 7.05 Å². The van der Waals surface area contributed by atoms with E-state index in [-0.39, 0.29) is 23.6 Å². The lowest BCUT2D eigenvalue weighted by Gasteiger charge is -2.23. The van der Waals surface area contributed by atoms with Gasteiger partial charge in [0.2, 0.25) is 0 Å². The number of nitrogens with one attached hydrogen (secondary N) is 1. The van der Waals surface area contributed by atoms with Gasteiger partial charge in [-0.3, -0.25) is 4.57 Å². The minimum Gasteiger partial charge on any atom is -0.445 e. The summed E-state index contributed by atoms with van der Waals surface area (Å²) in [5.41, 5.74) is 5.07. The quantitative estimate of drug-likeness (QED) is 0.623. The Morgan fingerprint density at radius 1 is 1.71 bits per heavy atom. The second-order valence-corrected chi connectivity index (χ2v) is 5.28. The van der Waals surface area contributed by atoms with Crippen molar-refractivity contribution in [3.63, 3.8) is 0 Å². The van der Waals surface area contributed by atoms with Crippen molar-refractivity contribution in [1.82, 2.24) is 24.8 Å². The molecule has 0 saturated carbocycles. The van der Waals surface area contributed by atoms with Crippen LogP contribution in [0.1, 0.15) is 19.1 Å². The number of hydrogen-bond donors (Lipinski definition) is 2. The molecule has 2 aromatic heterocycles. The number of terminal acetylenes is 1. The van der Waals surface area contributed by atoms with E-state index >= 15 is 0 Å². The Morgan fingerprint density at radius 3 is 3.21 bits per heavy atom. The maximum absolute atomic E-state index is 13.4. The minimum absolute atomic E-state index is 0.0552. The Hall–Kier alpha value is -2.93. The van der Waals surface area contributed by atoms with Gasteiger partial charge in [-0.25, -0.2) is 9.78 Å². The van der Waals surface area contributed by atoms with E-state index in [0.717, 1.165) is 0 Å². The van der Waals surface area contributed by atoms with Crippen molar-refractivity contribution in [3.05, 3.63) is 12.4 Å². The van der Waals surface area contributed by atoms with Crippen LogP contribution in [-0.2, 0) is 9.47 Å². The van der Waals surface area contributed by atoms with Gasteiger partial charge in [-0.05, 0) is 12.8 Å². The lowest BCUT2D eigenvalue weighted by atomic mass is 10.0. The van der Waals surface area contributed by atoms with Crippen molar-refractivity contribution in [2.24, 2.45) is 0 Å². The molecule has 0 radical (unpaired) electrons. The fourth-order valence-electron chi connectivity index (χ4n) is 2.56. The maximum Gasteiger partial charge on any atom is 0.407 e. The predicted octanol–water partition coefficient (Wildman–Crippen LogP) is 0.585. The van der Waals surface area contributed by atoms with Gasteiger partial charge in [-0.1, -0.05) is 5.92 Å². The number of halogens is 1. The third-order valence-corrected chi connectivity index (χ3v) is 3.79. The molecule has 1 fully saturated rings. The summed E-state index contributed by atoms with van der Waals surface area (Å²) < 4.78 is 25.9. The van der Waals surface area contributed by atoms with E-state index in [1.165, 1.54) is 17.9 Å². The van der Waals surface area contributed by atoms with Gasteiger partial charge in [0.1, 0.15) is 12.8 Å². The van der Waals surface area contributed by atoms with Crippen LogP contribution in [0.25, 0.3) is 11.2 Å². The largest absolute Gasteiger partial charge is 0.445 e. The standard InChI is InChI=1S/C14H15FN6O3/c1-3-14(6-23-13(22)17-2)5-4-8(24-14)21-7-18-9-10(16)19-12(15)20-11(9)21/h1,7-8H,4-6H2,2H3,(H,17,22)(H2,16,19,20). The van der Waals surface area contributed by atoms with Crippen LogP contribution in [0, 0.1) is 18.4 Å². The molecule has 1 saturated heterocycles. The molecule has 2 unspecified atom stereocenters. The molecular weight excluding hydrogens is 319 g/mol. The summed E-state index contributed by atoms with van der Waals surface area (Å²) in [5, 5.41) is 2.33. The van der Waals surface area contributed by atoms with Gasteiger partial charge < -0.3 is 20.5 Å². The molecule has 2 aromatic rings. The summed E-state index contributed by atoms with van der Waals surface area (Å²) in [4.78, 5) is 22.5. The number of carbonyl (C=O) groups is 1. The fraction of sp³-hybridized carbons (Fsp3) is 0.429. The smallest absolute Gasteiger partial charge is 0.407 e. The van der Waals surface area contributed by atoms with Crippen molar-refractivity contribution in [2.75, 3.05) is 19.4 Å². The number of anilines is 1. The molecule has 1 amide bonds. The molecule has 0 aromatic carbocycles. The lowest BCUT2D eigenvalue weighted by molar-refractivity contribution is -0.0642. The highest BCUT2D eigenvalue weighted by Gasteiger charge is 2.41. The average molecular weight is 334 g/mol. The zero-order chi connectivity index (χ0) is 17.3. The Morgan fingerprint density at radius 2 is 2.50 bits per heavy atom. The molecule has 1 aliphatic rings. The normalized spacial score (nSPS) is 23.1. The van der Waals surface area contributed by atoms with Crippen molar-refractivity contribution in [1.29, 1.82) is 0 Å². The molecule has 126 valence electrons. The molecule has 3 N–H and O–H groups in total. The first-order valence-electron chi connectivity index (χ1n) is 7.13. The molecule has 0 aliphatic carbocycles. The number of nitrogens with two attached hydrogens (primary N) is 1. The third-order valence-electron chi connectivity index (χ3n) is 3.79. The van der Waals surface area contributed by atoms with E-state index in [1.54, 1.807) is 0 Å². The predicted molar refractivity (Wildman–Crippen MR) is 81.0 cm³/mol. The topological polar surface area (TPSA) is 117 Å². The second-order valence-electron chi connectivity index (χ2n) is 5.28. The number of nitrogens with zero attached hydrogens (tertiary/aromatic N) is 4. The number of carbonyl (C=O) groups excluding carboxylic acids is 1. The molecular formula is C14H15FN6O3. The number of hydrogen-bond acceptors (Lipinski definition) is 7. The van der Waals surface area contributed by atoms with E-state index in [4.69, 9.17) is 21.6 Å². The van der Waals surface area contributed by atoms with Crippen molar-refractivity contribution >= 4 is 23.1 Å². The van der Waals surface area contributed by atoms with Crippen LogP contribution in [0.3, 0.4) is 0 Å². The highest BCUT2D eigenvalue weighted by atomic mass is 19.1. The summed E-state index contributed by atoms with van der Waals surface area (Å²) in [6.45, 7) is -0.0994. The first kappa shape index (κ1) is 15.9. The molecule has 24 heavy (non-hydrogen) atoms. The SMILES string of the molecule is C#CC1(COC(=O)NC)CCC(n2cnc3c(N)nc(F)nc32)O1. The molecule has 3 heterocycles. The number of nitrogen functional groups attached to an aromatic ring is 1. The number of aromatic nitrogens is 4. The zero-order valence-corrected chi connectivity index (χ0v) is 12.8. The molecule has 2 atom stereocenters. The average Bonchev–Trinajstić information content (AvgIpc) is 3.17. The number of alkyl carbamates (subject to hydrolysis) is 1. The van der Waals surface area contributed by atoms with E-state index in [2.05, 4.69) is 26.2 Å². The Balaban J connectivity index is 1.85. The molecule has 1 aliphatic heterocycles. The van der Waals surface area contributed by atoms with Crippen molar-refractivity contribution in [2.45, 2.75) is 24.7 Å². The summed E-state index contributed by atoms with van der Waals surface area (Å²) in [5.74, 6) is 2.47. The van der Waals surface area contributed by atoms with Gasteiger partial charge in [0.25, 0.3) is 0 Å². The third kappa shape index (κ3) is 2.69. The van der Waals surface area contributed by atoms with E-state index in [9.17, 15) is 9.18 Å². The number of fused-ring (bicyclic) bond motifs is 1. The Kier molecular flexibility index (Phi) is 3.94. The first-order chi connectivity index (χ1) is 11.5. The summed E-state index contributed by atoms with van der Waals surface area (Å²) in [6, 6.07) is 0. The van der Waals surface area contributed by atoms with Gasteiger partial charge in [0.15, 0.2) is 22.6 Å². The van der Waals surface area contributed by atoms with Gasteiger partial charge in [0.05, 0.1) is 6.33 Å². The van der Waals surface area contributed by atoms with E-state index in [0.29, 0.717) is 12.8 Å². The molecule has 3 rings (SSSR count). The van der Waals surface area contributed by atoms with Crippen LogP contribution in [0.15, 0.2) is 6.33 Å². The van der Waals surface area contributed by atoms with Gasteiger partial charge in [-0.2, -0.15) is 14.4 Å². The zero-order valence-electron chi connectivity index (χ0n) is 12.8. The highest BCUT2D eigenvalue weighted by molar-refractivity contribution is 5.81. The Bertz CT molecular complexity index is 832. The monoisotopic (exact) mass is 334 g/mol. The van der Waals surface area contributed by atoms with Crippen molar-refractivity contribution < 1.29 is 18.7 Å². The minimum atomic E-state index is -1.06. The molecule has 9 nitrogen and oxygen atoms in total. The van der Waals surface area contributed by atoms with Gasteiger partial charge in [-0.15, -0.1) is 6.42 Å². The summed E-state index contributed by atoms with van der Waals surface area (Å²) in [7, 11) is 1.44. The van der Waals surface area contributed by atoms with Crippen molar-refractivity contribution in [3.8, 4) is 12.3 Å². The van der Waals surface area contributed by atoms with Crippen LogP contribution < -0.4 is 11.1 Å². The number of amides is 1. The summed E-state index contributed by atoms with van der Waals surface area (Å²) in [6.07, 6.45) is 5.87. The van der Waals surface area contributed by atoms with E-state index in [1.807, 2.05) is 0 Å². The molecule has 10 heteroatoms. The van der Waals surface area contributed by atoms with E-state index < -0.39 is 24.0 Å². The maximum atomic E-state index is 13.4. The molecule has 0 spiro atoms. The second kappa shape index (κ2) is 5.93. The fourth-order valence-corrected chi connectivity index (χ4v) is 2.56. The van der Waals surface area contributed by atoms with Gasteiger partial charge >= 0.3 is 12.2 Å². The van der Waals surface area contributed by atoms with Crippen LogP contribution in [-0.4, -0.2) is 44.9 Å². The lowest BCUT2D eigenvalue weighted by Crippen LogP contribution is -2.35. The van der Waals surface area contributed by atoms with Crippen LogP contribution in [0.4, 0.5) is 15.0 Å². The first-order valence-corrected chi connectivity index (χ1v) is 7.13. The Labute approximate surface area is 136 Å². The summed E-state index contributed by atoms with van der Waals surface area (Å²) >= 11 is 0. The number of ether oxygens (including phenoxy) is 2.